The highest BCUT2D eigenvalue weighted by Crippen LogP contribution is 2.39. The minimum Gasteiger partial charge on any atom is -0.282 e. The zero-order valence-corrected chi connectivity index (χ0v) is 42.7. The molecular weight excluding hydrogens is 1120 g/mol. The molecule has 8 aromatic carbocycles. The monoisotopic (exact) mass is 1140 g/mol. The van der Waals surface area contributed by atoms with Crippen molar-refractivity contribution in [3.63, 3.8) is 0 Å². The van der Waals surface area contributed by atoms with Gasteiger partial charge in [0.15, 0.2) is 0 Å². The third-order valence-corrected chi connectivity index (χ3v) is 16.9. The van der Waals surface area contributed by atoms with Crippen LogP contribution in [0.25, 0.3) is 131 Å². The molecular formula is C52H24N8O16S4. The van der Waals surface area contributed by atoms with E-state index in [2.05, 4.69) is 15.0 Å². The van der Waals surface area contributed by atoms with E-state index in [0.29, 0.717) is 87.4 Å². The van der Waals surface area contributed by atoms with Crippen LogP contribution in [0.3, 0.4) is 0 Å². The van der Waals surface area contributed by atoms with Gasteiger partial charge in [0.05, 0.1) is 58.8 Å². The molecule has 0 unspecified atom stereocenters. The summed E-state index contributed by atoms with van der Waals surface area (Å²) in [6.07, 6.45) is 0. The molecule has 80 heavy (non-hydrogen) atoms. The number of benzene rings is 8. The number of para-hydroxylation sites is 2. The lowest BCUT2D eigenvalue weighted by Crippen LogP contribution is -2.16. The van der Waals surface area contributed by atoms with E-state index in [9.17, 15) is 58.1 Å². The SMILES string of the molecule is O=S(=O)=O.O=c1c2ccc3c(=O)n4c5cc(S(=O)(=O)O)ccc5nc4c4ccc(c2c34)c2nc3ccc(S(=O)(=O)O)cc3n12.O=c1c2ccc3c4c(ccc(c24)c2nc4ccccc4n12)c(=O)n1c2cc(S(=O)(=O)O)ccc2nc31. The molecule has 8 heterocycles. The maximum Gasteiger partial charge on any atom is 0.425 e. The van der Waals surface area contributed by atoms with E-state index in [1.54, 1.807) is 40.8 Å². The molecule has 0 aliphatic heterocycles. The fourth-order valence-electron chi connectivity index (χ4n) is 11.1. The third-order valence-electron chi connectivity index (χ3n) is 14.4. The van der Waals surface area contributed by atoms with Gasteiger partial charge >= 0.3 is 10.6 Å². The summed E-state index contributed by atoms with van der Waals surface area (Å²) >= 11 is 0. The average Bonchev–Trinajstić information content (AvgIpc) is 2.30. The molecule has 0 spiro atoms. The van der Waals surface area contributed by atoms with Gasteiger partial charge in [0.1, 0.15) is 22.6 Å². The van der Waals surface area contributed by atoms with Crippen LogP contribution in [0, 0.1) is 0 Å². The largest absolute Gasteiger partial charge is 0.425 e. The van der Waals surface area contributed by atoms with Crippen molar-refractivity contribution in [2.75, 3.05) is 0 Å². The number of fused-ring (bicyclic) bond motifs is 16. The molecule has 24 nitrogen and oxygen atoms in total. The lowest BCUT2D eigenvalue weighted by Gasteiger charge is -2.12. The van der Waals surface area contributed by atoms with E-state index in [1.165, 1.54) is 79.9 Å². The van der Waals surface area contributed by atoms with Gasteiger partial charge in [0.25, 0.3) is 52.6 Å². The topological polar surface area (TPSA) is 352 Å². The van der Waals surface area contributed by atoms with E-state index in [0.717, 1.165) is 5.39 Å². The summed E-state index contributed by atoms with van der Waals surface area (Å²) in [5.74, 6) is 0. The Bertz CT molecular complexity index is 6110. The fraction of sp³-hybridized carbons (Fsp3) is 0. The summed E-state index contributed by atoms with van der Waals surface area (Å²) in [6, 6.07) is 32.3. The molecule has 3 N–H and O–H groups in total. The average molecular weight is 1150 g/mol. The summed E-state index contributed by atoms with van der Waals surface area (Å²) < 4.78 is 130. The Labute approximate surface area is 442 Å². The van der Waals surface area contributed by atoms with Gasteiger partial charge in [-0.15, -0.1) is 12.6 Å². The highest BCUT2D eigenvalue weighted by atomic mass is 32.2. The second-order valence-corrected chi connectivity index (χ2v) is 23.2. The van der Waals surface area contributed by atoms with Crippen LogP contribution >= 0.6 is 0 Å². The van der Waals surface area contributed by atoms with Crippen LogP contribution in [0.1, 0.15) is 0 Å². The first kappa shape index (κ1) is 48.6. The number of hydrogen-bond donors (Lipinski definition) is 3. The van der Waals surface area contributed by atoms with Crippen LogP contribution in [0.15, 0.2) is 161 Å². The molecule has 0 aliphatic rings. The maximum absolute atomic E-state index is 13.8. The first-order valence-corrected chi connectivity index (χ1v) is 28.5. The second-order valence-electron chi connectivity index (χ2n) is 18.5. The summed E-state index contributed by atoms with van der Waals surface area (Å²) in [4.78, 5) is 72.3. The predicted octanol–water partition coefficient (Wildman–Crippen LogP) is 5.42. The van der Waals surface area contributed by atoms with Crippen LogP contribution in [0.4, 0.5) is 0 Å². The summed E-state index contributed by atoms with van der Waals surface area (Å²) in [5, 5.41) is 6.00. The lowest BCUT2D eigenvalue weighted by molar-refractivity contribution is 0.481. The van der Waals surface area contributed by atoms with E-state index >= 15 is 0 Å². The number of nitrogens with zero attached hydrogens (tertiary/aromatic N) is 8. The van der Waals surface area contributed by atoms with E-state index in [-0.39, 0.29) is 58.9 Å². The van der Waals surface area contributed by atoms with Gasteiger partial charge in [0.2, 0.25) is 0 Å². The second kappa shape index (κ2) is 16.1. The predicted molar refractivity (Wildman–Crippen MR) is 292 cm³/mol. The standard InChI is InChI=1S/C26H12N4O8S2.C26H12N4O5S.O3S/c31-25-15-5-6-16-22-14(24-28-18-8-2-12(40(36,37)38)10-20(18)30(24)26(16)32)4-3-13(21(15)22)23-27-17-7-1-11(39(33,34)35)9-19(17)29(23)25;31-25-15-8-7-14-22-16(9-6-13(21(15)22)23-27-17-3-1-2-4-19(17)29(23)25)26(32)30-20-11-12(36(33,34)35)5-10-18(20)28-24(14)30;1-4(2)3/h1-10H,(H,33,34,35)(H,36,37,38);1-11H,(H,33,34,35);. The van der Waals surface area contributed by atoms with Crippen LogP contribution in [-0.4, -0.2) is 89.1 Å². The zero-order valence-electron chi connectivity index (χ0n) is 39.5. The summed E-state index contributed by atoms with van der Waals surface area (Å²) in [5.41, 5.74) is 2.87. The van der Waals surface area contributed by atoms with Gasteiger partial charge in [0, 0.05) is 64.6 Å². The van der Waals surface area contributed by atoms with Crippen molar-refractivity contribution in [2.45, 2.75) is 14.7 Å². The number of aromatic nitrogens is 8. The zero-order chi connectivity index (χ0) is 56.0. The molecule has 0 saturated carbocycles. The Morgan fingerprint density at radius 3 is 0.838 bits per heavy atom. The highest BCUT2D eigenvalue weighted by Gasteiger charge is 2.26. The minimum atomic E-state index is -4.53. The van der Waals surface area contributed by atoms with Crippen LogP contribution in [0.5, 0.6) is 0 Å². The molecule has 0 aliphatic carbocycles. The Kier molecular flexibility index (Phi) is 9.80. The van der Waals surface area contributed by atoms with Gasteiger partial charge in [-0.1, -0.05) is 12.1 Å². The Hall–Kier alpha value is -9.81. The van der Waals surface area contributed by atoms with Gasteiger partial charge in [-0.05, 0) is 115 Å². The van der Waals surface area contributed by atoms with Crippen LogP contribution in [-0.2, 0) is 41.0 Å². The van der Waals surface area contributed by atoms with Gasteiger partial charge in [-0.3, -0.25) is 50.4 Å². The molecule has 0 atom stereocenters. The van der Waals surface area contributed by atoms with Crippen LogP contribution in [0.2, 0.25) is 0 Å². The maximum atomic E-state index is 13.8. The minimum absolute atomic E-state index is 0.196. The Morgan fingerprint density at radius 1 is 0.325 bits per heavy atom. The molecule has 0 amide bonds. The van der Waals surface area contributed by atoms with Gasteiger partial charge < -0.3 is 0 Å². The highest BCUT2D eigenvalue weighted by molar-refractivity contribution is 7.86. The van der Waals surface area contributed by atoms with Crippen molar-refractivity contribution in [3.8, 4) is 0 Å². The van der Waals surface area contributed by atoms with Crippen LogP contribution < -0.4 is 22.2 Å². The van der Waals surface area contributed by atoms with E-state index < -0.39 is 57.6 Å². The molecule has 16 rings (SSSR count). The van der Waals surface area contributed by atoms with Crippen molar-refractivity contribution in [3.05, 3.63) is 169 Å². The van der Waals surface area contributed by atoms with E-state index in [1.807, 2.05) is 24.3 Å². The quantitative estimate of drug-likeness (QED) is 0.147. The molecule has 8 aromatic heterocycles. The Balaban J connectivity index is 0.000000136. The molecule has 28 heteroatoms. The van der Waals surface area contributed by atoms with Crippen molar-refractivity contribution >= 4 is 172 Å². The first-order chi connectivity index (χ1) is 38.0. The smallest absolute Gasteiger partial charge is 0.282 e. The number of rotatable bonds is 3. The summed E-state index contributed by atoms with van der Waals surface area (Å²) in [6.45, 7) is 0. The van der Waals surface area contributed by atoms with Crippen molar-refractivity contribution in [2.24, 2.45) is 0 Å². The number of pyridine rings is 4. The number of hydrogen-bond acceptors (Lipinski definition) is 17. The molecule has 16 aromatic rings. The van der Waals surface area contributed by atoms with Crippen molar-refractivity contribution in [1.29, 1.82) is 0 Å². The first-order valence-electron chi connectivity index (χ1n) is 23.1. The van der Waals surface area contributed by atoms with Gasteiger partial charge in [-0.25, -0.2) is 19.9 Å². The Morgan fingerprint density at radius 2 is 0.562 bits per heavy atom. The molecule has 392 valence electrons. The van der Waals surface area contributed by atoms with Gasteiger partial charge in [-0.2, -0.15) is 25.3 Å². The third kappa shape index (κ3) is 6.71. The van der Waals surface area contributed by atoms with Crippen molar-refractivity contribution < 1.29 is 51.5 Å². The fourth-order valence-corrected chi connectivity index (χ4v) is 12.7. The molecule has 0 fully saturated rings. The molecule has 0 bridgehead atoms. The lowest BCUT2D eigenvalue weighted by atomic mass is 9.96. The molecule has 0 radical (unpaired) electrons. The molecule has 0 saturated heterocycles. The van der Waals surface area contributed by atoms with Crippen molar-refractivity contribution in [1.82, 2.24) is 37.5 Å². The summed E-state index contributed by atoms with van der Waals surface area (Å²) in [7, 11) is -16.6. The number of imidazole rings is 4. The van der Waals surface area contributed by atoms with E-state index in [4.69, 9.17) is 17.6 Å². The normalized spacial score (nSPS) is 12.8.